The summed E-state index contributed by atoms with van der Waals surface area (Å²) in [5, 5.41) is 16.7. The monoisotopic (exact) mass is 229 g/mol. The Kier molecular flexibility index (Phi) is 8.19. The molecule has 0 saturated heterocycles. The van der Waals surface area contributed by atoms with Gasteiger partial charge in [-0.1, -0.05) is 0 Å². The summed E-state index contributed by atoms with van der Waals surface area (Å²) in [6, 6.07) is 0. The van der Waals surface area contributed by atoms with Crippen molar-refractivity contribution in [2.24, 2.45) is 0 Å². The van der Waals surface area contributed by atoms with Gasteiger partial charge >= 0.3 is 0 Å². The molecule has 0 aromatic rings. The number of carbonyl (C=O) groups is 1. The second-order valence-electron chi connectivity index (χ2n) is 0.250. The van der Waals surface area contributed by atoms with Gasteiger partial charge in [0.1, 0.15) is 0 Å². The molecule has 0 aliphatic heterocycles. The third-order valence-corrected chi connectivity index (χ3v) is 0. The van der Waals surface area contributed by atoms with E-state index in [2.05, 4.69) is 0 Å². The van der Waals surface area contributed by atoms with Gasteiger partial charge in [-0.2, -0.15) is 0 Å². The van der Waals surface area contributed by atoms with Crippen molar-refractivity contribution in [3.05, 3.63) is 0 Å². The van der Waals surface area contributed by atoms with E-state index in [-0.39, 0.29) is 36.9 Å². The van der Waals surface area contributed by atoms with Crippen molar-refractivity contribution >= 4 is 6.16 Å². The molecule has 0 spiro atoms. The molecule has 0 unspecified atom stereocenters. The maximum atomic E-state index is 8.33. The van der Waals surface area contributed by atoms with E-state index < -0.39 is 6.16 Å². The van der Waals surface area contributed by atoms with Gasteiger partial charge in [0.05, 0.1) is 0 Å². The van der Waals surface area contributed by atoms with E-state index in [4.69, 9.17) is 15.0 Å². The second-order valence-corrected chi connectivity index (χ2v) is 0.250. The molecule has 37 valence electrons. The zero-order valence-corrected chi connectivity index (χ0v) is 3.78. The van der Waals surface area contributed by atoms with Crippen LogP contribution in [0.3, 0.4) is 0 Å². The Morgan fingerprint density at radius 3 is 1.40 bits per heavy atom. The minimum Gasteiger partial charge on any atom is -0.652 e. The summed E-state index contributed by atoms with van der Waals surface area (Å²) < 4.78 is 0. The van der Waals surface area contributed by atoms with E-state index in [0.717, 1.165) is 0 Å². The molecule has 4 heteroatoms. The van der Waals surface area contributed by atoms with Gasteiger partial charge in [0.2, 0.25) is 0 Å². The van der Waals surface area contributed by atoms with Crippen LogP contribution in [-0.2, 0) is 0 Å². The van der Waals surface area contributed by atoms with Crippen molar-refractivity contribution in [1.29, 1.82) is 0 Å². The van der Waals surface area contributed by atoms with Gasteiger partial charge in [0.15, 0.2) is 0 Å². The summed E-state index contributed by atoms with van der Waals surface area (Å²) in [5.41, 5.74) is 0. The van der Waals surface area contributed by atoms with Crippen LogP contribution < -0.4 is 10.2 Å². The first-order chi connectivity index (χ1) is 1.73. The van der Waals surface area contributed by atoms with E-state index >= 15 is 0 Å². The molecule has 0 aliphatic rings. The van der Waals surface area contributed by atoms with Crippen LogP contribution in [0.4, 0.5) is 4.79 Å². The zero-order valence-electron chi connectivity index (χ0n) is 2.00. The summed E-state index contributed by atoms with van der Waals surface area (Å²) in [5.74, 6) is 0. The molecule has 0 aromatic carbocycles. The Labute approximate surface area is 57.8 Å². The minimum absolute atomic E-state index is 0. The third kappa shape index (κ3) is 111. The van der Waals surface area contributed by atoms with Gasteiger partial charge < -0.3 is 15.0 Å². The Morgan fingerprint density at radius 2 is 1.40 bits per heavy atom. The molecule has 0 N–H and O–H groups in total. The number of hydrogen-bond acceptors (Lipinski definition) is 3. The van der Waals surface area contributed by atoms with E-state index in [9.17, 15) is 0 Å². The van der Waals surface area contributed by atoms with Gasteiger partial charge in [-0.3, -0.25) is 0 Å². The first-order valence-corrected chi connectivity index (χ1v) is 0.612. The van der Waals surface area contributed by atoms with Crippen LogP contribution in [0, 0.1) is 36.9 Å². The SMILES string of the molecule is O=C([O-])[O-].[Tm]. The number of carbonyl (C=O) groups excluding carboxylic acids is 1. The number of carboxylic acid groups (broad SMARTS) is 2. The molecule has 0 heterocycles. The van der Waals surface area contributed by atoms with Gasteiger partial charge in [0.25, 0.3) is 0 Å². The van der Waals surface area contributed by atoms with Crippen LogP contribution in [0.15, 0.2) is 0 Å². The van der Waals surface area contributed by atoms with Crippen LogP contribution in [0.2, 0.25) is 0 Å². The van der Waals surface area contributed by atoms with E-state index in [1.807, 2.05) is 0 Å². The second kappa shape index (κ2) is 4.50. The predicted octanol–water partition coefficient (Wildman–Crippen LogP) is -2.45. The molecule has 0 aliphatic carbocycles. The molecular weight excluding hydrogens is 229 g/mol. The fraction of sp³-hybridized carbons (Fsp3) is 0. The number of hydrogen-bond donors (Lipinski definition) is 0. The molecule has 3 nitrogen and oxygen atoms in total. The van der Waals surface area contributed by atoms with Crippen LogP contribution in [0.1, 0.15) is 0 Å². The Hall–Kier alpha value is 0.504. The smallest absolute Gasteiger partial charge is 0 e. The van der Waals surface area contributed by atoms with Crippen LogP contribution in [-0.4, -0.2) is 6.16 Å². The molecule has 0 amide bonds. The predicted molar refractivity (Wildman–Crippen MR) is 5.40 cm³/mol. The topological polar surface area (TPSA) is 63.2 Å². The molecule has 5 heavy (non-hydrogen) atoms. The van der Waals surface area contributed by atoms with Crippen molar-refractivity contribution in [1.82, 2.24) is 0 Å². The fourth-order valence-corrected chi connectivity index (χ4v) is 0. The first kappa shape index (κ1) is 9.09. The average Bonchev–Trinajstić information content (AvgIpc) is 0.811. The minimum atomic E-state index is -2.33. The van der Waals surface area contributed by atoms with E-state index in [1.54, 1.807) is 0 Å². The summed E-state index contributed by atoms with van der Waals surface area (Å²) in [4.78, 5) is 8.33. The van der Waals surface area contributed by atoms with Crippen molar-refractivity contribution in [3.63, 3.8) is 0 Å². The molecule has 0 fully saturated rings. The molecule has 0 aromatic heterocycles. The number of rotatable bonds is 0. The Morgan fingerprint density at radius 1 is 1.40 bits per heavy atom. The summed E-state index contributed by atoms with van der Waals surface area (Å²) >= 11 is 0. The summed E-state index contributed by atoms with van der Waals surface area (Å²) in [6.07, 6.45) is -2.33. The van der Waals surface area contributed by atoms with E-state index in [1.165, 1.54) is 0 Å². The van der Waals surface area contributed by atoms with Gasteiger partial charge in [-0.25, -0.2) is 0 Å². The average molecular weight is 229 g/mol. The van der Waals surface area contributed by atoms with Crippen molar-refractivity contribution in [2.45, 2.75) is 0 Å². The van der Waals surface area contributed by atoms with Gasteiger partial charge in [0, 0.05) is 36.9 Å². The Bertz CT molecular complexity index is 29.9. The van der Waals surface area contributed by atoms with Crippen molar-refractivity contribution < 1.29 is 51.9 Å². The molecule has 1 radical (unpaired) electrons. The van der Waals surface area contributed by atoms with Crippen LogP contribution in [0.5, 0.6) is 0 Å². The van der Waals surface area contributed by atoms with Crippen LogP contribution in [0.25, 0.3) is 0 Å². The first-order valence-electron chi connectivity index (χ1n) is 0.612. The fourth-order valence-electron chi connectivity index (χ4n) is 0. The van der Waals surface area contributed by atoms with E-state index in [0.29, 0.717) is 0 Å². The molecular formula is CO3Tm-2. The summed E-state index contributed by atoms with van der Waals surface area (Å²) in [7, 11) is 0. The standard InChI is InChI=1S/CH2O3.Tm/c2-1(3)4;/h(H2,2,3,4);/p-2. The molecule has 0 atom stereocenters. The molecule has 0 rings (SSSR count). The molecule has 0 saturated carbocycles. The normalized spacial score (nSPS) is 4.80. The van der Waals surface area contributed by atoms with Gasteiger partial charge in [-0.05, 0) is 6.16 Å². The Balaban J connectivity index is 0. The maximum Gasteiger partial charge on any atom is 0 e. The third-order valence-electron chi connectivity index (χ3n) is 0. The van der Waals surface area contributed by atoms with Crippen LogP contribution >= 0.6 is 0 Å². The van der Waals surface area contributed by atoms with Crippen molar-refractivity contribution in [2.75, 3.05) is 0 Å². The molecule has 0 bridgehead atoms. The van der Waals surface area contributed by atoms with Crippen molar-refractivity contribution in [3.8, 4) is 0 Å². The summed E-state index contributed by atoms with van der Waals surface area (Å²) in [6.45, 7) is 0. The van der Waals surface area contributed by atoms with Gasteiger partial charge in [-0.15, -0.1) is 0 Å². The zero-order chi connectivity index (χ0) is 3.58. The largest absolute Gasteiger partial charge is 0.652 e. The quantitative estimate of drug-likeness (QED) is 0.463. The maximum absolute atomic E-state index is 8.33.